The molecule has 0 unspecified atom stereocenters. The summed E-state index contributed by atoms with van der Waals surface area (Å²) in [6, 6.07) is 2.16. The number of nitrogens with one attached hydrogen (secondary N) is 2. The number of aromatic nitrogens is 2. The van der Waals surface area contributed by atoms with Crippen molar-refractivity contribution in [3.05, 3.63) is 6.07 Å². The van der Waals surface area contributed by atoms with Crippen LogP contribution < -0.4 is 20.4 Å². The minimum absolute atomic E-state index is 0.531. The number of ether oxygens (including phenoxy) is 1. The van der Waals surface area contributed by atoms with Gasteiger partial charge in [-0.1, -0.05) is 19.8 Å². The lowest BCUT2D eigenvalue weighted by Gasteiger charge is -2.33. The molecule has 2 saturated heterocycles. The second-order valence-electron chi connectivity index (χ2n) is 7.88. The fourth-order valence-corrected chi connectivity index (χ4v) is 4.10. The van der Waals surface area contributed by atoms with Crippen LogP contribution in [0.5, 0.6) is 0 Å². The summed E-state index contributed by atoms with van der Waals surface area (Å²) in [5, 5.41) is 6.84. The summed E-state index contributed by atoms with van der Waals surface area (Å²) in [6.45, 7) is 7.80. The first-order valence-electron chi connectivity index (χ1n) is 10.6. The molecule has 1 aromatic heterocycles. The first-order chi connectivity index (χ1) is 13.7. The van der Waals surface area contributed by atoms with E-state index in [1.54, 1.807) is 7.11 Å². The van der Waals surface area contributed by atoms with Crippen molar-refractivity contribution in [3.8, 4) is 0 Å². The van der Waals surface area contributed by atoms with E-state index in [0.29, 0.717) is 30.1 Å². The molecule has 0 saturated carbocycles. The number of rotatable bonds is 6. The Labute approximate surface area is 174 Å². The summed E-state index contributed by atoms with van der Waals surface area (Å²) in [6.07, 6.45) is 7.55. The molecule has 0 aliphatic carbocycles. The highest BCUT2D eigenvalue weighted by Gasteiger charge is 2.21. The maximum atomic E-state index is 5.40. The Balaban J connectivity index is 1.79. The molecule has 0 spiro atoms. The van der Waals surface area contributed by atoms with Gasteiger partial charge >= 0.3 is 0 Å². The summed E-state index contributed by atoms with van der Waals surface area (Å²) >= 11 is 5.40. The van der Waals surface area contributed by atoms with Crippen molar-refractivity contribution >= 4 is 34.9 Å². The van der Waals surface area contributed by atoms with Crippen LogP contribution in [0.15, 0.2) is 6.07 Å². The quantitative estimate of drug-likeness (QED) is 0.552. The van der Waals surface area contributed by atoms with Crippen LogP contribution >= 0.6 is 12.2 Å². The standard InChI is InChI=1S/C20H34N6OS/c1-16-8-7-12-26(15-16)18-14-17(25-10-5-3-4-6-11-25)22-19(23-18)24-20(28)21-9-13-27-2/h14,16H,3-13,15H2,1-2H3,(H2,21,22,23,24,28)/t16-/m1/s1. The molecule has 0 radical (unpaired) electrons. The Morgan fingerprint density at radius 1 is 1.11 bits per heavy atom. The number of methoxy groups -OCH3 is 1. The van der Waals surface area contributed by atoms with Crippen molar-refractivity contribution in [1.82, 2.24) is 15.3 Å². The van der Waals surface area contributed by atoms with Gasteiger partial charge in [0.05, 0.1) is 6.61 Å². The molecule has 7 nitrogen and oxygen atoms in total. The van der Waals surface area contributed by atoms with Crippen molar-refractivity contribution in [2.45, 2.75) is 45.4 Å². The molecule has 0 aromatic carbocycles. The van der Waals surface area contributed by atoms with Crippen molar-refractivity contribution in [2.75, 3.05) is 61.6 Å². The molecular weight excluding hydrogens is 372 g/mol. The van der Waals surface area contributed by atoms with Crippen molar-refractivity contribution in [3.63, 3.8) is 0 Å². The Bertz CT molecular complexity index is 615. The van der Waals surface area contributed by atoms with E-state index >= 15 is 0 Å². The van der Waals surface area contributed by atoms with Gasteiger partial charge < -0.3 is 25.2 Å². The SMILES string of the molecule is COCCNC(=S)Nc1nc(N2CCCCCC2)cc(N2CCC[C@@H](C)C2)n1. The number of nitrogens with zero attached hydrogens (tertiary/aromatic N) is 4. The largest absolute Gasteiger partial charge is 0.383 e. The lowest BCUT2D eigenvalue weighted by atomic mass is 10.0. The number of thiocarbonyl (C=S) groups is 1. The lowest BCUT2D eigenvalue weighted by Crippen LogP contribution is -2.36. The number of hydrogen-bond acceptors (Lipinski definition) is 6. The van der Waals surface area contributed by atoms with E-state index in [1.807, 2.05) is 0 Å². The summed E-state index contributed by atoms with van der Waals surface area (Å²) in [4.78, 5) is 14.4. The monoisotopic (exact) mass is 406 g/mol. The highest BCUT2D eigenvalue weighted by Crippen LogP contribution is 2.27. The van der Waals surface area contributed by atoms with Gasteiger partial charge in [-0.3, -0.25) is 0 Å². The Kier molecular flexibility index (Phi) is 8.09. The molecule has 28 heavy (non-hydrogen) atoms. The van der Waals surface area contributed by atoms with Gasteiger partial charge in [-0.2, -0.15) is 9.97 Å². The van der Waals surface area contributed by atoms with Gasteiger partial charge in [-0.15, -0.1) is 0 Å². The zero-order valence-electron chi connectivity index (χ0n) is 17.2. The lowest BCUT2D eigenvalue weighted by molar-refractivity contribution is 0.204. The molecule has 3 rings (SSSR count). The van der Waals surface area contributed by atoms with Crippen LogP contribution in [0.25, 0.3) is 0 Å². The van der Waals surface area contributed by atoms with Crippen molar-refractivity contribution in [2.24, 2.45) is 5.92 Å². The molecule has 8 heteroatoms. The highest BCUT2D eigenvalue weighted by molar-refractivity contribution is 7.80. The van der Waals surface area contributed by atoms with Crippen molar-refractivity contribution < 1.29 is 4.74 Å². The zero-order chi connectivity index (χ0) is 19.8. The molecule has 1 aromatic rings. The molecule has 156 valence electrons. The summed E-state index contributed by atoms with van der Waals surface area (Å²) < 4.78 is 5.07. The smallest absolute Gasteiger partial charge is 0.232 e. The van der Waals surface area contributed by atoms with E-state index in [9.17, 15) is 0 Å². The predicted molar refractivity (Wildman–Crippen MR) is 119 cm³/mol. The van der Waals surface area contributed by atoms with Crippen LogP contribution in [0, 0.1) is 5.92 Å². The van der Waals surface area contributed by atoms with Crippen LogP contribution in [0.2, 0.25) is 0 Å². The Morgan fingerprint density at radius 2 is 1.79 bits per heavy atom. The second kappa shape index (κ2) is 10.8. The number of hydrogen-bond donors (Lipinski definition) is 2. The molecule has 2 fully saturated rings. The molecule has 2 aliphatic heterocycles. The molecule has 0 amide bonds. The summed E-state index contributed by atoms with van der Waals surface area (Å²) in [5.41, 5.74) is 0. The van der Waals surface area contributed by atoms with E-state index in [2.05, 4.69) is 33.4 Å². The molecule has 1 atom stereocenters. The van der Waals surface area contributed by atoms with Gasteiger partial charge in [0, 0.05) is 45.9 Å². The fraction of sp³-hybridized carbons (Fsp3) is 0.750. The maximum absolute atomic E-state index is 5.40. The highest BCUT2D eigenvalue weighted by atomic mass is 32.1. The third-order valence-corrected chi connectivity index (χ3v) is 5.67. The average molecular weight is 407 g/mol. The summed E-state index contributed by atoms with van der Waals surface area (Å²) in [7, 11) is 1.68. The van der Waals surface area contributed by atoms with Crippen molar-refractivity contribution in [1.29, 1.82) is 0 Å². The van der Waals surface area contributed by atoms with Gasteiger partial charge in [-0.05, 0) is 43.8 Å². The third-order valence-electron chi connectivity index (χ3n) is 5.43. The van der Waals surface area contributed by atoms with E-state index in [1.165, 1.54) is 38.5 Å². The molecule has 0 bridgehead atoms. The zero-order valence-corrected chi connectivity index (χ0v) is 18.1. The third kappa shape index (κ3) is 6.17. The van der Waals surface area contributed by atoms with Gasteiger partial charge in [0.25, 0.3) is 0 Å². The minimum atomic E-state index is 0.531. The number of piperidine rings is 1. The van der Waals surface area contributed by atoms with Crippen LogP contribution in [-0.2, 0) is 4.74 Å². The van der Waals surface area contributed by atoms with E-state index in [-0.39, 0.29) is 0 Å². The van der Waals surface area contributed by atoms with Gasteiger partial charge in [0.2, 0.25) is 5.95 Å². The topological polar surface area (TPSA) is 65.6 Å². The van der Waals surface area contributed by atoms with E-state index < -0.39 is 0 Å². The Hall–Kier alpha value is -1.67. The molecule has 2 aliphatic rings. The predicted octanol–water partition coefficient (Wildman–Crippen LogP) is 3.03. The van der Waals surface area contributed by atoms with Crippen LogP contribution in [0.4, 0.5) is 17.6 Å². The van der Waals surface area contributed by atoms with Gasteiger partial charge in [0.15, 0.2) is 5.11 Å². The first-order valence-corrected chi connectivity index (χ1v) is 11.0. The van der Waals surface area contributed by atoms with E-state index in [0.717, 1.165) is 37.8 Å². The van der Waals surface area contributed by atoms with Crippen LogP contribution in [0.1, 0.15) is 45.4 Å². The van der Waals surface area contributed by atoms with E-state index in [4.69, 9.17) is 26.9 Å². The molecule has 3 heterocycles. The Morgan fingerprint density at radius 3 is 2.46 bits per heavy atom. The first kappa shape index (κ1) is 21.0. The minimum Gasteiger partial charge on any atom is -0.383 e. The summed E-state index contributed by atoms with van der Waals surface area (Å²) in [5.74, 6) is 3.28. The van der Waals surface area contributed by atoms with Gasteiger partial charge in [-0.25, -0.2) is 0 Å². The average Bonchev–Trinajstić information content (AvgIpc) is 2.97. The van der Waals surface area contributed by atoms with Crippen LogP contribution in [-0.4, -0.2) is 61.5 Å². The fourth-order valence-electron chi connectivity index (χ4n) is 3.91. The van der Waals surface area contributed by atoms with Crippen LogP contribution in [0.3, 0.4) is 0 Å². The molecular formula is C20H34N6OS. The normalized spacial score (nSPS) is 20.6. The molecule has 2 N–H and O–H groups in total. The second-order valence-corrected chi connectivity index (χ2v) is 8.28. The van der Waals surface area contributed by atoms with Gasteiger partial charge in [0.1, 0.15) is 11.6 Å². The maximum Gasteiger partial charge on any atom is 0.232 e. The number of anilines is 3.